The van der Waals surface area contributed by atoms with Crippen LogP contribution in [0, 0.1) is 0 Å². The van der Waals surface area contributed by atoms with Crippen molar-refractivity contribution in [3.8, 4) is 5.75 Å². The molecule has 18 heavy (non-hydrogen) atoms. The first-order valence-corrected chi connectivity index (χ1v) is 6.06. The lowest BCUT2D eigenvalue weighted by atomic mass is 9.96. The van der Waals surface area contributed by atoms with E-state index < -0.39 is 0 Å². The Bertz CT molecular complexity index is 436. The molecule has 1 fully saturated rings. The Labute approximate surface area is 106 Å². The Morgan fingerprint density at radius 2 is 2.00 bits per heavy atom. The Kier molecular flexibility index (Phi) is 3.97. The summed E-state index contributed by atoms with van der Waals surface area (Å²) in [6.07, 6.45) is 2.92. The number of ketones is 1. The fourth-order valence-corrected chi connectivity index (χ4v) is 2.07. The average molecular weight is 248 g/mol. The zero-order valence-electron chi connectivity index (χ0n) is 10.3. The molecule has 1 saturated carbocycles. The van der Waals surface area contributed by atoms with Crippen molar-refractivity contribution in [3.05, 3.63) is 29.8 Å². The van der Waals surface area contributed by atoms with Gasteiger partial charge in [-0.2, -0.15) is 0 Å². The molecule has 1 aliphatic rings. The number of rotatable bonds is 3. The normalized spacial score (nSPS) is 19.4. The molecule has 0 aromatic heterocycles. The van der Waals surface area contributed by atoms with Crippen molar-refractivity contribution >= 4 is 11.8 Å². The Balaban J connectivity index is 1.97. The molecule has 0 aliphatic heterocycles. The summed E-state index contributed by atoms with van der Waals surface area (Å²) in [6, 6.07) is 6.77. The highest BCUT2D eigenvalue weighted by atomic mass is 16.5. The van der Waals surface area contributed by atoms with Gasteiger partial charge in [-0.25, -0.2) is 4.79 Å². The summed E-state index contributed by atoms with van der Waals surface area (Å²) in [4.78, 5) is 22.6. The Morgan fingerprint density at radius 3 is 2.61 bits per heavy atom. The van der Waals surface area contributed by atoms with Crippen LogP contribution in [0.2, 0.25) is 0 Å². The van der Waals surface area contributed by atoms with Crippen LogP contribution in [0.5, 0.6) is 5.75 Å². The molecule has 4 heteroatoms. The highest BCUT2D eigenvalue weighted by Crippen LogP contribution is 2.22. The summed E-state index contributed by atoms with van der Waals surface area (Å²) >= 11 is 0. The third-order valence-corrected chi connectivity index (χ3v) is 3.02. The van der Waals surface area contributed by atoms with Crippen molar-refractivity contribution in [2.75, 3.05) is 7.11 Å². The number of methoxy groups -OCH3 is 1. The molecule has 4 nitrogen and oxygen atoms in total. The molecule has 2 rings (SSSR count). The quantitative estimate of drug-likeness (QED) is 0.770. The molecule has 96 valence electrons. The standard InChI is InChI=1S/C14H16O4/c1-17-14(16)10-5-7-12(8-6-10)18-13-4-2-3-11(15)9-13/h5-8,13H,2-4,9H2,1H3. The number of esters is 1. The predicted octanol–water partition coefficient (Wildman–Crippen LogP) is 2.36. The van der Waals surface area contributed by atoms with Gasteiger partial charge in [-0.05, 0) is 37.1 Å². The van der Waals surface area contributed by atoms with Crippen molar-refractivity contribution in [1.29, 1.82) is 0 Å². The van der Waals surface area contributed by atoms with Gasteiger partial charge in [-0.1, -0.05) is 0 Å². The lowest BCUT2D eigenvalue weighted by Crippen LogP contribution is -2.25. The van der Waals surface area contributed by atoms with Gasteiger partial charge in [-0.3, -0.25) is 4.79 Å². The second-order valence-electron chi connectivity index (χ2n) is 4.39. The molecule has 1 atom stereocenters. The summed E-state index contributed by atoms with van der Waals surface area (Å²) in [6.45, 7) is 0. The van der Waals surface area contributed by atoms with Crippen LogP contribution in [0.25, 0.3) is 0 Å². The van der Waals surface area contributed by atoms with Crippen molar-refractivity contribution in [2.24, 2.45) is 0 Å². The van der Waals surface area contributed by atoms with Crippen LogP contribution in [0.4, 0.5) is 0 Å². The van der Waals surface area contributed by atoms with E-state index in [1.54, 1.807) is 24.3 Å². The number of carbonyl (C=O) groups excluding carboxylic acids is 2. The second kappa shape index (κ2) is 5.67. The van der Waals surface area contributed by atoms with Crippen LogP contribution in [-0.4, -0.2) is 25.0 Å². The van der Waals surface area contributed by atoms with Gasteiger partial charge in [0, 0.05) is 12.8 Å². The molecule has 0 bridgehead atoms. The first-order valence-electron chi connectivity index (χ1n) is 6.06. The van der Waals surface area contributed by atoms with Gasteiger partial charge >= 0.3 is 5.97 Å². The fraction of sp³-hybridized carbons (Fsp3) is 0.429. The van der Waals surface area contributed by atoms with Gasteiger partial charge in [0.15, 0.2) is 0 Å². The molecule has 0 spiro atoms. The number of carbonyl (C=O) groups is 2. The minimum atomic E-state index is -0.366. The highest BCUT2D eigenvalue weighted by molar-refractivity contribution is 5.89. The van der Waals surface area contributed by atoms with Crippen LogP contribution in [-0.2, 0) is 9.53 Å². The zero-order valence-corrected chi connectivity index (χ0v) is 10.3. The average Bonchev–Trinajstić information content (AvgIpc) is 2.39. The first kappa shape index (κ1) is 12.6. The molecule has 0 heterocycles. The zero-order chi connectivity index (χ0) is 13.0. The fourth-order valence-electron chi connectivity index (χ4n) is 2.07. The minimum Gasteiger partial charge on any atom is -0.490 e. The molecule has 0 saturated heterocycles. The maximum absolute atomic E-state index is 11.3. The monoisotopic (exact) mass is 248 g/mol. The third kappa shape index (κ3) is 3.09. The third-order valence-electron chi connectivity index (χ3n) is 3.02. The Morgan fingerprint density at radius 1 is 1.28 bits per heavy atom. The van der Waals surface area contributed by atoms with Crippen LogP contribution in [0.1, 0.15) is 36.0 Å². The van der Waals surface area contributed by atoms with E-state index in [0.717, 1.165) is 12.8 Å². The van der Waals surface area contributed by atoms with E-state index >= 15 is 0 Å². The second-order valence-corrected chi connectivity index (χ2v) is 4.39. The number of ether oxygens (including phenoxy) is 2. The van der Waals surface area contributed by atoms with Gasteiger partial charge < -0.3 is 9.47 Å². The van der Waals surface area contributed by atoms with E-state index in [9.17, 15) is 9.59 Å². The summed E-state index contributed by atoms with van der Waals surface area (Å²) in [7, 11) is 1.35. The lowest BCUT2D eigenvalue weighted by Gasteiger charge is -2.22. The van der Waals surface area contributed by atoms with Crippen LogP contribution >= 0.6 is 0 Å². The lowest BCUT2D eigenvalue weighted by molar-refractivity contribution is -0.122. The van der Waals surface area contributed by atoms with Crippen LogP contribution < -0.4 is 4.74 Å². The van der Waals surface area contributed by atoms with Crippen molar-refractivity contribution in [1.82, 2.24) is 0 Å². The molecular formula is C14H16O4. The number of hydrogen-bond donors (Lipinski definition) is 0. The molecule has 1 aromatic rings. The number of hydrogen-bond acceptors (Lipinski definition) is 4. The molecule has 0 N–H and O–H groups in total. The maximum Gasteiger partial charge on any atom is 0.337 e. The number of Topliss-reactive ketones (excluding diaryl/α,β-unsaturated/α-hetero) is 1. The van der Waals surface area contributed by atoms with E-state index in [1.807, 2.05) is 0 Å². The predicted molar refractivity (Wildman–Crippen MR) is 65.7 cm³/mol. The molecular weight excluding hydrogens is 232 g/mol. The van der Waals surface area contributed by atoms with Crippen LogP contribution in [0.15, 0.2) is 24.3 Å². The molecule has 1 aromatic carbocycles. The smallest absolute Gasteiger partial charge is 0.337 e. The Hall–Kier alpha value is -1.84. The minimum absolute atomic E-state index is 0.0322. The first-order chi connectivity index (χ1) is 8.69. The van der Waals surface area contributed by atoms with Gasteiger partial charge in [-0.15, -0.1) is 0 Å². The van der Waals surface area contributed by atoms with Gasteiger partial charge in [0.25, 0.3) is 0 Å². The SMILES string of the molecule is COC(=O)c1ccc(OC2CCCC(=O)C2)cc1. The topological polar surface area (TPSA) is 52.6 Å². The molecule has 0 radical (unpaired) electrons. The van der Waals surface area contributed by atoms with Crippen molar-refractivity contribution in [3.63, 3.8) is 0 Å². The summed E-state index contributed by atoms with van der Waals surface area (Å²) < 4.78 is 10.3. The summed E-state index contributed by atoms with van der Waals surface area (Å²) in [5.41, 5.74) is 0.490. The van der Waals surface area contributed by atoms with Gasteiger partial charge in [0.05, 0.1) is 12.7 Å². The van der Waals surface area contributed by atoms with Gasteiger partial charge in [0.1, 0.15) is 17.6 Å². The summed E-state index contributed by atoms with van der Waals surface area (Å²) in [5, 5.41) is 0. The largest absolute Gasteiger partial charge is 0.490 e. The van der Waals surface area contributed by atoms with E-state index in [0.29, 0.717) is 24.2 Å². The molecule has 1 aliphatic carbocycles. The molecule has 0 amide bonds. The highest BCUT2D eigenvalue weighted by Gasteiger charge is 2.20. The molecule has 1 unspecified atom stereocenters. The van der Waals surface area contributed by atoms with E-state index in [4.69, 9.17) is 4.74 Å². The van der Waals surface area contributed by atoms with Crippen molar-refractivity contribution in [2.45, 2.75) is 31.8 Å². The number of benzene rings is 1. The van der Waals surface area contributed by atoms with Crippen LogP contribution in [0.3, 0.4) is 0 Å². The van der Waals surface area contributed by atoms with Gasteiger partial charge in [0.2, 0.25) is 0 Å². The van der Waals surface area contributed by atoms with E-state index in [1.165, 1.54) is 7.11 Å². The maximum atomic E-state index is 11.3. The van der Waals surface area contributed by atoms with Crippen molar-refractivity contribution < 1.29 is 19.1 Å². The van der Waals surface area contributed by atoms with E-state index in [-0.39, 0.29) is 17.9 Å². The van der Waals surface area contributed by atoms with E-state index in [2.05, 4.69) is 4.74 Å². The summed E-state index contributed by atoms with van der Waals surface area (Å²) in [5.74, 6) is 0.578.